The van der Waals surface area contributed by atoms with Crippen LogP contribution in [0.15, 0.2) is 36.5 Å². The van der Waals surface area contributed by atoms with Crippen molar-refractivity contribution >= 4 is 23.4 Å². The van der Waals surface area contributed by atoms with Gasteiger partial charge in [-0.3, -0.25) is 0 Å². The summed E-state index contributed by atoms with van der Waals surface area (Å²) in [5.41, 5.74) is 0.271. The molecule has 0 spiro atoms. The molecule has 1 aromatic heterocycles. The van der Waals surface area contributed by atoms with E-state index >= 15 is 0 Å². The van der Waals surface area contributed by atoms with Crippen molar-refractivity contribution in [3.63, 3.8) is 0 Å². The lowest BCUT2D eigenvalue weighted by molar-refractivity contribution is 0.223. The van der Waals surface area contributed by atoms with Gasteiger partial charge >= 0.3 is 0 Å². The Morgan fingerprint density at radius 3 is 2.60 bits per heavy atom. The summed E-state index contributed by atoms with van der Waals surface area (Å²) in [4.78, 5) is 8.30. The summed E-state index contributed by atoms with van der Waals surface area (Å²) in [6.07, 6.45) is 1.52. The molecule has 0 saturated heterocycles. The van der Waals surface area contributed by atoms with E-state index in [1.807, 2.05) is 37.3 Å². The zero-order valence-corrected chi connectivity index (χ0v) is 12.1. The SMILES string of the molecule is CNc1ncc(Cl)c(NC(C)(CO)c2ccccc2)n1. The molecule has 1 heterocycles. The second-order valence-corrected chi connectivity index (χ2v) is 5.03. The van der Waals surface area contributed by atoms with Crippen LogP contribution in [0.25, 0.3) is 0 Å². The smallest absolute Gasteiger partial charge is 0.224 e. The number of nitrogens with one attached hydrogen (secondary N) is 2. The first kappa shape index (κ1) is 14.6. The zero-order valence-electron chi connectivity index (χ0n) is 11.4. The molecule has 5 nitrogen and oxygen atoms in total. The normalized spacial score (nSPS) is 13.6. The molecular weight excluding hydrogens is 276 g/mol. The highest BCUT2D eigenvalue weighted by molar-refractivity contribution is 6.32. The quantitative estimate of drug-likeness (QED) is 0.790. The van der Waals surface area contributed by atoms with E-state index in [1.165, 1.54) is 6.20 Å². The summed E-state index contributed by atoms with van der Waals surface area (Å²) in [6, 6.07) is 9.66. The van der Waals surface area contributed by atoms with Crippen LogP contribution in [0, 0.1) is 0 Å². The molecule has 1 unspecified atom stereocenters. The van der Waals surface area contributed by atoms with Crippen LogP contribution in [0.4, 0.5) is 11.8 Å². The van der Waals surface area contributed by atoms with E-state index in [1.54, 1.807) is 7.05 Å². The summed E-state index contributed by atoms with van der Waals surface area (Å²) in [7, 11) is 1.73. The molecule has 106 valence electrons. The summed E-state index contributed by atoms with van der Waals surface area (Å²) in [5, 5.41) is 16.2. The van der Waals surface area contributed by atoms with Gasteiger partial charge in [0.25, 0.3) is 0 Å². The highest BCUT2D eigenvalue weighted by Gasteiger charge is 2.27. The minimum Gasteiger partial charge on any atom is -0.394 e. The minimum atomic E-state index is -0.676. The molecule has 0 aliphatic heterocycles. The van der Waals surface area contributed by atoms with Crippen molar-refractivity contribution in [3.8, 4) is 0 Å². The Morgan fingerprint density at radius 2 is 2.00 bits per heavy atom. The van der Waals surface area contributed by atoms with Crippen molar-refractivity contribution in [2.24, 2.45) is 0 Å². The van der Waals surface area contributed by atoms with E-state index in [0.29, 0.717) is 16.8 Å². The Labute approximate surface area is 123 Å². The topological polar surface area (TPSA) is 70.1 Å². The number of aliphatic hydroxyl groups is 1. The number of hydrogen-bond donors (Lipinski definition) is 3. The molecule has 2 aromatic rings. The standard InChI is InChI=1S/C14H17ClN4O/c1-14(9-20,10-6-4-3-5-7-10)19-12-11(15)8-17-13(16-2)18-12/h3-8,20H,9H2,1-2H3,(H2,16,17,18,19). The molecule has 1 aromatic carbocycles. The van der Waals surface area contributed by atoms with Gasteiger partial charge in [0.1, 0.15) is 5.02 Å². The van der Waals surface area contributed by atoms with Gasteiger partial charge in [-0.05, 0) is 12.5 Å². The molecule has 6 heteroatoms. The maximum absolute atomic E-state index is 9.75. The molecule has 0 aliphatic carbocycles. The molecule has 2 rings (SSSR count). The summed E-state index contributed by atoms with van der Waals surface area (Å²) in [6.45, 7) is 1.80. The molecule has 0 bridgehead atoms. The molecule has 0 amide bonds. The van der Waals surface area contributed by atoms with E-state index in [-0.39, 0.29) is 6.61 Å². The lowest BCUT2D eigenvalue weighted by atomic mass is 9.93. The third-order valence-corrected chi connectivity index (χ3v) is 3.37. The number of rotatable bonds is 5. The molecule has 3 N–H and O–H groups in total. The van der Waals surface area contributed by atoms with E-state index in [9.17, 15) is 5.11 Å². The number of benzene rings is 1. The van der Waals surface area contributed by atoms with Crippen LogP contribution >= 0.6 is 11.6 Å². The average Bonchev–Trinajstić information content (AvgIpc) is 2.50. The zero-order chi connectivity index (χ0) is 14.6. The van der Waals surface area contributed by atoms with Crippen molar-refractivity contribution in [2.75, 3.05) is 24.3 Å². The van der Waals surface area contributed by atoms with Crippen LogP contribution in [0.1, 0.15) is 12.5 Å². The molecule has 0 saturated carbocycles. The van der Waals surface area contributed by atoms with Crippen LogP contribution in [-0.2, 0) is 5.54 Å². The summed E-state index contributed by atoms with van der Waals surface area (Å²) >= 11 is 6.11. The molecular formula is C14H17ClN4O. The maximum Gasteiger partial charge on any atom is 0.224 e. The van der Waals surface area contributed by atoms with Crippen LogP contribution in [-0.4, -0.2) is 28.7 Å². The van der Waals surface area contributed by atoms with Gasteiger partial charge in [0.2, 0.25) is 5.95 Å². The van der Waals surface area contributed by atoms with Crippen LogP contribution < -0.4 is 10.6 Å². The van der Waals surface area contributed by atoms with Gasteiger partial charge in [0.05, 0.1) is 18.3 Å². The van der Waals surface area contributed by atoms with E-state index < -0.39 is 5.54 Å². The van der Waals surface area contributed by atoms with E-state index in [2.05, 4.69) is 20.6 Å². The molecule has 20 heavy (non-hydrogen) atoms. The van der Waals surface area contributed by atoms with Crippen molar-refractivity contribution in [1.29, 1.82) is 0 Å². The predicted octanol–water partition coefficient (Wildman–Crippen LogP) is 2.49. The fourth-order valence-electron chi connectivity index (χ4n) is 1.85. The first-order valence-electron chi connectivity index (χ1n) is 6.24. The highest BCUT2D eigenvalue weighted by Crippen LogP contribution is 2.28. The van der Waals surface area contributed by atoms with Gasteiger partial charge < -0.3 is 15.7 Å². The Morgan fingerprint density at radius 1 is 1.30 bits per heavy atom. The predicted molar refractivity (Wildman–Crippen MR) is 81.1 cm³/mol. The number of nitrogens with zero attached hydrogens (tertiary/aromatic N) is 2. The van der Waals surface area contributed by atoms with Gasteiger partial charge in [-0.1, -0.05) is 41.9 Å². The first-order valence-corrected chi connectivity index (χ1v) is 6.62. The van der Waals surface area contributed by atoms with Crippen molar-refractivity contribution in [2.45, 2.75) is 12.5 Å². The summed E-state index contributed by atoms with van der Waals surface area (Å²) in [5.74, 6) is 0.941. The molecule has 0 aliphatic rings. The molecule has 0 fully saturated rings. The first-order chi connectivity index (χ1) is 9.59. The second-order valence-electron chi connectivity index (χ2n) is 4.62. The number of aromatic nitrogens is 2. The lowest BCUT2D eigenvalue weighted by Crippen LogP contribution is -2.36. The van der Waals surface area contributed by atoms with Crippen molar-refractivity contribution in [1.82, 2.24) is 9.97 Å². The van der Waals surface area contributed by atoms with Crippen molar-refractivity contribution < 1.29 is 5.11 Å². The Kier molecular flexibility index (Phi) is 4.42. The maximum atomic E-state index is 9.75. The minimum absolute atomic E-state index is 0.0910. The van der Waals surface area contributed by atoms with Gasteiger partial charge in [0.15, 0.2) is 5.82 Å². The van der Waals surface area contributed by atoms with Crippen molar-refractivity contribution in [3.05, 3.63) is 47.1 Å². The number of halogens is 1. The van der Waals surface area contributed by atoms with Gasteiger partial charge in [-0.15, -0.1) is 0 Å². The number of hydrogen-bond acceptors (Lipinski definition) is 5. The molecule has 0 radical (unpaired) electrons. The van der Waals surface area contributed by atoms with Crippen LogP contribution in [0.2, 0.25) is 5.02 Å². The van der Waals surface area contributed by atoms with Gasteiger partial charge in [0, 0.05) is 7.05 Å². The van der Waals surface area contributed by atoms with Crippen LogP contribution in [0.3, 0.4) is 0 Å². The fraction of sp³-hybridized carbons (Fsp3) is 0.286. The monoisotopic (exact) mass is 292 g/mol. The van der Waals surface area contributed by atoms with E-state index in [4.69, 9.17) is 11.6 Å². The second kappa shape index (κ2) is 6.07. The highest BCUT2D eigenvalue weighted by atomic mass is 35.5. The average molecular weight is 293 g/mol. The number of aliphatic hydroxyl groups excluding tert-OH is 1. The summed E-state index contributed by atoms with van der Waals surface area (Å²) < 4.78 is 0. The lowest BCUT2D eigenvalue weighted by Gasteiger charge is -2.30. The Hall–Kier alpha value is -1.85. The van der Waals surface area contributed by atoms with Gasteiger partial charge in [-0.25, -0.2) is 4.98 Å². The third kappa shape index (κ3) is 3.00. The molecule has 1 atom stereocenters. The third-order valence-electron chi connectivity index (χ3n) is 3.09. The van der Waals surface area contributed by atoms with E-state index in [0.717, 1.165) is 5.56 Å². The fourth-order valence-corrected chi connectivity index (χ4v) is 1.98. The van der Waals surface area contributed by atoms with Gasteiger partial charge in [-0.2, -0.15) is 4.98 Å². The van der Waals surface area contributed by atoms with Crippen LogP contribution in [0.5, 0.6) is 0 Å². The Balaban J connectivity index is 2.35. The Bertz CT molecular complexity index is 579. The number of anilines is 2. The largest absolute Gasteiger partial charge is 0.394 e.